The second-order valence-corrected chi connectivity index (χ2v) is 9.66. The molecule has 0 bridgehead atoms. The topological polar surface area (TPSA) is 350 Å². The van der Waals surface area contributed by atoms with Crippen LogP contribution in [0.1, 0.15) is 0 Å². The van der Waals surface area contributed by atoms with Crippen LogP contribution in [0.2, 0.25) is 0 Å². The molecule has 0 aromatic rings. The third-order valence-corrected chi connectivity index (χ3v) is 5.54. The molecule has 1 saturated heterocycles. The molecule has 0 amide bonds. The fourth-order valence-corrected chi connectivity index (χ4v) is 3.48. The van der Waals surface area contributed by atoms with Gasteiger partial charge in [-0.05, 0) is 0 Å². The van der Waals surface area contributed by atoms with Crippen molar-refractivity contribution in [3.63, 3.8) is 0 Å². The zero-order valence-electron chi connectivity index (χ0n) is 17.6. The molecule has 27 heteroatoms. The van der Waals surface area contributed by atoms with Gasteiger partial charge in [-0.1, -0.05) is 0 Å². The summed E-state index contributed by atoms with van der Waals surface area (Å²) in [5, 5.41) is 35.4. The van der Waals surface area contributed by atoms with E-state index >= 15 is 0 Å². The number of hydrogen-bond donors (Lipinski definition) is 8. The van der Waals surface area contributed by atoms with Crippen molar-refractivity contribution in [2.75, 3.05) is 13.2 Å². The third-order valence-electron chi connectivity index (χ3n) is 2.23. The predicted octanol–water partition coefficient (Wildman–Crippen LogP) is -18.7. The fraction of sp³-hybridized carbons (Fsp3) is 1.00. The molecule has 8 N–H and O–H groups in total. The van der Waals surface area contributed by atoms with Crippen molar-refractivity contribution in [1.29, 1.82) is 0 Å². The predicted molar refractivity (Wildman–Crippen MR) is 76.3 cm³/mol. The summed E-state index contributed by atoms with van der Waals surface area (Å²) in [6.45, 7) is -0.705. The summed E-state index contributed by atoms with van der Waals surface area (Å²) < 4.78 is 48.3. The van der Waals surface area contributed by atoms with Gasteiger partial charge in [-0.15, -0.1) is 0 Å². The molecule has 0 spiro atoms. The van der Waals surface area contributed by atoms with Crippen LogP contribution in [-0.2, 0) is 31.6 Å². The molecular formula is C6H16Na4O19P4. The molecule has 1 aliphatic rings. The molecule has 1 heterocycles. The number of ether oxygens (including phenoxy) is 1. The maximum Gasteiger partial charge on any atom is 1.00 e. The van der Waals surface area contributed by atoms with E-state index in [-0.39, 0.29) is 131 Å². The minimum Gasteiger partial charge on any atom is -0.790 e. The molecule has 0 aromatic carbocycles. The summed E-state index contributed by atoms with van der Waals surface area (Å²) >= 11 is 0. The van der Waals surface area contributed by atoms with Crippen molar-refractivity contribution in [1.82, 2.24) is 0 Å². The van der Waals surface area contributed by atoms with E-state index in [1.807, 2.05) is 0 Å². The van der Waals surface area contributed by atoms with E-state index in [4.69, 9.17) is 44.7 Å². The van der Waals surface area contributed by atoms with Crippen LogP contribution in [0.3, 0.4) is 0 Å². The van der Waals surface area contributed by atoms with E-state index in [1.165, 1.54) is 0 Å². The molecule has 1 aliphatic heterocycles. The number of rotatable bonds is 6. The van der Waals surface area contributed by atoms with E-state index < -0.39 is 55.7 Å². The monoisotopic (exact) mass is 608 g/mol. The maximum atomic E-state index is 9.63. The summed E-state index contributed by atoms with van der Waals surface area (Å²) in [7, 11) is -21.5. The van der Waals surface area contributed by atoms with Crippen LogP contribution in [-0.4, -0.2) is 77.6 Å². The maximum absolute atomic E-state index is 9.63. The zero-order chi connectivity index (χ0) is 23.8. The molecular weight excluding hydrogens is 592 g/mol. The Morgan fingerprint density at radius 3 is 0.939 bits per heavy atom. The van der Waals surface area contributed by atoms with Gasteiger partial charge in [0.1, 0.15) is 24.4 Å². The van der Waals surface area contributed by atoms with Crippen molar-refractivity contribution in [3.05, 3.63) is 0 Å². The van der Waals surface area contributed by atoms with Gasteiger partial charge in [0.05, 0.1) is 28.9 Å². The van der Waals surface area contributed by atoms with Gasteiger partial charge in [0.25, 0.3) is 0 Å². The molecule has 0 radical (unpaired) electrons. The van der Waals surface area contributed by atoms with Crippen LogP contribution in [0.5, 0.6) is 0 Å². The first-order valence-corrected chi connectivity index (χ1v) is 12.4. The Balaban J connectivity index is -0.0000000787. The fourth-order valence-electron chi connectivity index (χ4n) is 1.39. The van der Waals surface area contributed by atoms with Gasteiger partial charge in [-0.3, -0.25) is 0 Å². The number of phosphoric acid groups is 4. The van der Waals surface area contributed by atoms with Crippen molar-refractivity contribution < 1.29 is 209 Å². The standard InChI is InChI=1S/C6H12O5.4Na.2H4O7P2/c7-1-3-5(9)6(10)4(2-8)11-3;;;;;2*1-8(2,3)7-9(4,5)6/h3-10H,1-2H2;;;;;2*(H2,1,2,3)(H2,4,5,6)/q;4*+1;;/p-4/t3-,4-,5-,6-;;;;;;/m1....../s1. The van der Waals surface area contributed by atoms with Gasteiger partial charge in [-0.2, -0.15) is 4.31 Å². The van der Waals surface area contributed by atoms with Crippen LogP contribution < -0.4 is 138 Å². The van der Waals surface area contributed by atoms with Crippen LogP contribution in [0.4, 0.5) is 0 Å². The molecule has 4 atom stereocenters. The quantitative estimate of drug-likeness (QED) is 0.102. The number of aliphatic hydroxyl groups is 4. The Bertz CT molecular complexity index is 571. The van der Waals surface area contributed by atoms with Crippen LogP contribution >= 0.6 is 31.3 Å². The smallest absolute Gasteiger partial charge is 0.790 e. The molecule has 0 aromatic heterocycles. The second kappa shape index (κ2) is 22.1. The van der Waals surface area contributed by atoms with Crippen molar-refractivity contribution in [3.8, 4) is 0 Å². The van der Waals surface area contributed by atoms with E-state index in [1.54, 1.807) is 0 Å². The van der Waals surface area contributed by atoms with Crippen LogP contribution in [0.15, 0.2) is 0 Å². The van der Waals surface area contributed by atoms with Gasteiger partial charge >= 0.3 is 134 Å². The summed E-state index contributed by atoms with van der Waals surface area (Å²) in [6, 6.07) is 0. The van der Waals surface area contributed by atoms with E-state index in [2.05, 4.69) is 8.62 Å². The number of hydrogen-bond acceptors (Lipinski definition) is 15. The van der Waals surface area contributed by atoms with Crippen LogP contribution in [0.25, 0.3) is 0 Å². The van der Waals surface area contributed by atoms with Crippen molar-refractivity contribution in [2.24, 2.45) is 0 Å². The van der Waals surface area contributed by atoms with Crippen LogP contribution in [0, 0.1) is 0 Å². The van der Waals surface area contributed by atoms with Gasteiger partial charge in [0.2, 0.25) is 0 Å². The molecule has 0 aliphatic carbocycles. The molecule has 1 rings (SSSR count). The van der Waals surface area contributed by atoms with Crippen molar-refractivity contribution >= 4 is 31.3 Å². The van der Waals surface area contributed by atoms with Gasteiger partial charge < -0.3 is 77.8 Å². The molecule has 1 fully saturated rings. The molecule has 0 saturated carbocycles. The average Bonchev–Trinajstić information content (AvgIpc) is 2.67. The van der Waals surface area contributed by atoms with Gasteiger partial charge in [-0.25, -0.2) is 9.13 Å². The van der Waals surface area contributed by atoms with E-state index in [0.29, 0.717) is 0 Å². The normalized spacial score (nSPS) is 22.4. The molecule has 19 nitrogen and oxygen atoms in total. The molecule has 0 unspecified atom stereocenters. The molecule has 33 heavy (non-hydrogen) atoms. The van der Waals surface area contributed by atoms with E-state index in [9.17, 15) is 37.8 Å². The summed E-state index contributed by atoms with van der Waals surface area (Å²) in [5.74, 6) is 0. The Hall–Kier alpha value is 4.32. The Kier molecular flexibility index (Phi) is 33.5. The Labute approximate surface area is 274 Å². The van der Waals surface area contributed by atoms with Crippen molar-refractivity contribution in [2.45, 2.75) is 24.4 Å². The minimum absolute atomic E-state index is 0. The average molecular weight is 608 g/mol. The van der Waals surface area contributed by atoms with E-state index in [0.717, 1.165) is 0 Å². The Morgan fingerprint density at radius 2 is 0.879 bits per heavy atom. The second-order valence-electron chi connectivity index (χ2n) is 4.60. The number of aliphatic hydroxyl groups excluding tert-OH is 4. The zero-order valence-corrected chi connectivity index (χ0v) is 29.2. The van der Waals surface area contributed by atoms with Gasteiger partial charge in [0.15, 0.2) is 0 Å². The Morgan fingerprint density at radius 1 is 0.636 bits per heavy atom. The first-order valence-electron chi connectivity index (χ1n) is 6.43. The molecule has 178 valence electrons. The largest absolute Gasteiger partial charge is 1.00 e. The minimum atomic E-state index is -5.68. The third kappa shape index (κ3) is 32.4. The SMILES string of the molecule is O=P(O)(O)OP(=O)(O)O.O=P([O-])([O-])OP(=O)([O-])[O-].OC[C@H]1O[C@H](CO)[C@@H](O)[C@@H]1O.[Na+].[Na+].[Na+].[Na+]. The summed E-state index contributed by atoms with van der Waals surface area (Å²) in [5.41, 5.74) is 0. The van der Waals surface area contributed by atoms with Gasteiger partial charge in [0, 0.05) is 0 Å². The summed E-state index contributed by atoms with van der Waals surface area (Å²) in [6.07, 6.45) is -3.75. The first kappa shape index (κ1) is 50.2. The summed E-state index contributed by atoms with van der Waals surface area (Å²) in [4.78, 5) is 68.3. The first-order chi connectivity index (χ1) is 12.6.